The highest BCUT2D eigenvalue weighted by Crippen LogP contribution is 2.31. The van der Waals surface area contributed by atoms with Crippen molar-refractivity contribution in [3.05, 3.63) is 70.2 Å². The largest absolute Gasteiger partial charge is 0.113 e. The van der Waals surface area contributed by atoms with E-state index in [4.69, 9.17) is 23.2 Å². The topological polar surface area (TPSA) is 0 Å². The Kier molecular flexibility index (Phi) is 4.23. The van der Waals surface area contributed by atoms with Crippen LogP contribution in [0.4, 0.5) is 0 Å². The van der Waals surface area contributed by atoms with E-state index in [1.807, 2.05) is 24.3 Å². The molecule has 2 aromatic rings. The number of halogens is 2. The predicted molar refractivity (Wildman–Crippen MR) is 84.3 cm³/mol. The van der Waals surface area contributed by atoms with Gasteiger partial charge in [0, 0.05) is 5.02 Å². The van der Waals surface area contributed by atoms with Crippen LogP contribution in [0.25, 0.3) is 0 Å². The lowest BCUT2D eigenvalue weighted by Gasteiger charge is -2.20. The maximum Gasteiger partial charge on any atom is 0.0835 e. The molecule has 0 heterocycles. The fourth-order valence-corrected chi connectivity index (χ4v) is 2.49. The normalized spacial score (nSPS) is 13.3. The predicted octanol–water partition coefficient (Wildman–Crippen LogP) is 5.97. The van der Waals surface area contributed by atoms with Gasteiger partial charge in [0.05, 0.1) is 5.38 Å². The van der Waals surface area contributed by atoms with Crippen LogP contribution in [0.3, 0.4) is 0 Å². The molecule has 0 saturated heterocycles. The van der Waals surface area contributed by atoms with Crippen LogP contribution < -0.4 is 0 Å². The Morgan fingerprint density at radius 2 is 1.53 bits per heavy atom. The first kappa shape index (κ1) is 14.4. The third-order valence-corrected chi connectivity index (χ3v) is 3.95. The molecule has 0 aliphatic carbocycles. The summed E-state index contributed by atoms with van der Waals surface area (Å²) in [6, 6.07) is 16.2. The van der Waals surface area contributed by atoms with Crippen LogP contribution in [-0.4, -0.2) is 0 Å². The Hall–Kier alpha value is -0.980. The smallest absolute Gasteiger partial charge is 0.0835 e. The number of benzene rings is 2. The van der Waals surface area contributed by atoms with Gasteiger partial charge in [-0.15, -0.1) is 11.6 Å². The molecule has 0 aromatic heterocycles. The maximum absolute atomic E-state index is 6.51. The van der Waals surface area contributed by atoms with Gasteiger partial charge < -0.3 is 0 Å². The van der Waals surface area contributed by atoms with Crippen molar-refractivity contribution in [1.29, 1.82) is 0 Å². The van der Waals surface area contributed by atoms with Crippen molar-refractivity contribution in [2.45, 2.75) is 31.6 Å². The van der Waals surface area contributed by atoms with Crippen molar-refractivity contribution in [2.75, 3.05) is 0 Å². The molecule has 0 spiro atoms. The van der Waals surface area contributed by atoms with Gasteiger partial charge in [0.25, 0.3) is 0 Å². The lowest BCUT2D eigenvalue weighted by Crippen LogP contribution is -2.10. The first-order chi connectivity index (χ1) is 8.88. The average Bonchev–Trinajstić information content (AvgIpc) is 2.37. The fourth-order valence-electron chi connectivity index (χ4n) is 2.01. The molecule has 100 valence electrons. The SMILES string of the molecule is CC(C)(C)c1ccc(C(Cl)c2cccc(Cl)c2)cc1. The molecule has 2 heteroatoms. The van der Waals surface area contributed by atoms with Gasteiger partial charge in [0.15, 0.2) is 0 Å². The summed E-state index contributed by atoms with van der Waals surface area (Å²) in [4.78, 5) is 0. The molecular weight excluding hydrogens is 275 g/mol. The standard InChI is InChI=1S/C17H18Cl2/c1-17(2,3)14-9-7-12(8-10-14)16(19)13-5-4-6-15(18)11-13/h4-11,16H,1-3H3. The maximum atomic E-state index is 6.51. The van der Waals surface area contributed by atoms with Crippen molar-refractivity contribution in [3.63, 3.8) is 0 Å². The summed E-state index contributed by atoms with van der Waals surface area (Å²) in [6.07, 6.45) is 0. The zero-order valence-corrected chi connectivity index (χ0v) is 13.0. The van der Waals surface area contributed by atoms with E-state index in [9.17, 15) is 0 Å². The van der Waals surface area contributed by atoms with Crippen LogP contribution in [0, 0.1) is 0 Å². The molecule has 19 heavy (non-hydrogen) atoms. The van der Waals surface area contributed by atoms with E-state index in [1.165, 1.54) is 5.56 Å². The van der Waals surface area contributed by atoms with Crippen molar-refractivity contribution < 1.29 is 0 Å². The molecule has 0 N–H and O–H groups in total. The highest BCUT2D eigenvalue weighted by molar-refractivity contribution is 6.30. The van der Waals surface area contributed by atoms with Gasteiger partial charge >= 0.3 is 0 Å². The van der Waals surface area contributed by atoms with E-state index in [0.29, 0.717) is 0 Å². The Balaban J connectivity index is 2.27. The van der Waals surface area contributed by atoms with E-state index < -0.39 is 0 Å². The van der Waals surface area contributed by atoms with Crippen molar-refractivity contribution in [2.24, 2.45) is 0 Å². The summed E-state index contributed by atoms with van der Waals surface area (Å²) in [5.41, 5.74) is 3.59. The van der Waals surface area contributed by atoms with E-state index in [1.54, 1.807) is 0 Å². The third kappa shape index (κ3) is 3.52. The minimum Gasteiger partial charge on any atom is -0.113 e. The van der Waals surface area contributed by atoms with Gasteiger partial charge in [0.2, 0.25) is 0 Å². The zero-order valence-electron chi connectivity index (χ0n) is 11.5. The van der Waals surface area contributed by atoms with Crippen molar-refractivity contribution >= 4 is 23.2 Å². The Bertz CT molecular complexity index is 550. The molecular formula is C17H18Cl2. The second-order valence-electron chi connectivity index (χ2n) is 5.79. The number of hydrogen-bond donors (Lipinski definition) is 0. The summed E-state index contributed by atoms with van der Waals surface area (Å²) in [7, 11) is 0. The number of alkyl halides is 1. The van der Waals surface area contributed by atoms with E-state index in [-0.39, 0.29) is 10.8 Å². The fraction of sp³-hybridized carbons (Fsp3) is 0.294. The first-order valence-corrected chi connectivity index (χ1v) is 7.19. The second-order valence-corrected chi connectivity index (χ2v) is 6.66. The van der Waals surface area contributed by atoms with Gasteiger partial charge in [0.1, 0.15) is 0 Å². The van der Waals surface area contributed by atoms with E-state index in [2.05, 4.69) is 45.0 Å². The molecule has 0 radical (unpaired) electrons. The Morgan fingerprint density at radius 3 is 2.05 bits per heavy atom. The summed E-state index contributed by atoms with van der Waals surface area (Å²) in [5, 5.41) is 0.558. The Labute approximate surface area is 125 Å². The lowest BCUT2D eigenvalue weighted by atomic mass is 9.86. The van der Waals surface area contributed by atoms with Gasteiger partial charge in [-0.05, 0) is 34.2 Å². The lowest BCUT2D eigenvalue weighted by molar-refractivity contribution is 0.590. The van der Waals surface area contributed by atoms with Crippen LogP contribution in [0.1, 0.15) is 42.8 Å². The summed E-state index contributed by atoms with van der Waals surface area (Å²) in [5.74, 6) is 0. The van der Waals surface area contributed by atoms with Gasteiger partial charge in [-0.2, -0.15) is 0 Å². The molecule has 1 atom stereocenters. The zero-order chi connectivity index (χ0) is 14.0. The third-order valence-electron chi connectivity index (χ3n) is 3.21. The minimum absolute atomic E-state index is 0.160. The van der Waals surface area contributed by atoms with Gasteiger partial charge in [-0.25, -0.2) is 0 Å². The molecule has 2 rings (SSSR count). The van der Waals surface area contributed by atoms with Crippen LogP contribution in [-0.2, 0) is 5.41 Å². The number of rotatable bonds is 2. The molecule has 0 fully saturated rings. The summed E-state index contributed by atoms with van der Waals surface area (Å²) >= 11 is 12.5. The minimum atomic E-state index is -0.160. The van der Waals surface area contributed by atoms with Gasteiger partial charge in [-0.3, -0.25) is 0 Å². The molecule has 0 aliphatic heterocycles. The highest BCUT2D eigenvalue weighted by atomic mass is 35.5. The molecule has 0 saturated carbocycles. The van der Waals surface area contributed by atoms with E-state index in [0.717, 1.165) is 16.1 Å². The van der Waals surface area contributed by atoms with Crippen LogP contribution >= 0.6 is 23.2 Å². The van der Waals surface area contributed by atoms with Crippen LogP contribution in [0.15, 0.2) is 48.5 Å². The second kappa shape index (κ2) is 5.56. The quantitative estimate of drug-likeness (QED) is 0.599. The first-order valence-electron chi connectivity index (χ1n) is 6.38. The van der Waals surface area contributed by atoms with Crippen molar-refractivity contribution in [1.82, 2.24) is 0 Å². The van der Waals surface area contributed by atoms with Crippen molar-refractivity contribution in [3.8, 4) is 0 Å². The average molecular weight is 293 g/mol. The Morgan fingerprint density at radius 1 is 0.895 bits per heavy atom. The molecule has 0 bridgehead atoms. The molecule has 0 amide bonds. The summed E-state index contributed by atoms with van der Waals surface area (Å²) in [6.45, 7) is 6.62. The highest BCUT2D eigenvalue weighted by Gasteiger charge is 2.15. The molecule has 2 aromatic carbocycles. The van der Waals surface area contributed by atoms with Gasteiger partial charge in [-0.1, -0.05) is 68.8 Å². The molecule has 0 aliphatic rings. The summed E-state index contributed by atoms with van der Waals surface area (Å²) < 4.78 is 0. The monoisotopic (exact) mass is 292 g/mol. The number of hydrogen-bond acceptors (Lipinski definition) is 0. The molecule has 1 unspecified atom stereocenters. The van der Waals surface area contributed by atoms with E-state index >= 15 is 0 Å². The van der Waals surface area contributed by atoms with Crippen LogP contribution in [0.5, 0.6) is 0 Å². The molecule has 0 nitrogen and oxygen atoms in total. The van der Waals surface area contributed by atoms with Crippen LogP contribution in [0.2, 0.25) is 5.02 Å².